The van der Waals surface area contributed by atoms with E-state index in [-0.39, 0.29) is 50.7 Å². The fourth-order valence-electron chi connectivity index (χ4n) is 3.63. The number of nitrogens with one attached hydrogen (secondary N) is 1. The predicted molar refractivity (Wildman–Crippen MR) is 211 cm³/mol. The van der Waals surface area contributed by atoms with Gasteiger partial charge in [0.15, 0.2) is 5.75 Å². The number of anilines is 4. The summed E-state index contributed by atoms with van der Waals surface area (Å²) in [4.78, 5) is 42.7. The zero-order valence-electron chi connectivity index (χ0n) is 28.5. The zero-order valence-corrected chi connectivity index (χ0v) is 34.8. The first kappa shape index (κ1) is 47.0. The van der Waals surface area contributed by atoms with E-state index in [1.807, 2.05) is 0 Å². The van der Waals surface area contributed by atoms with Crippen LogP contribution in [0.2, 0.25) is 0 Å². The van der Waals surface area contributed by atoms with E-state index in [4.69, 9.17) is 45.6 Å². The molecule has 0 heterocycles. The fourth-order valence-corrected chi connectivity index (χ4v) is 3.97. The van der Waals surface area contributed by atoms with Gasteiger partial charge < -0.3 is 50.9 Å². The van der Waals surface area contributed by atoms with Crippen molar-refractivity contribution in [3.8, 4) is 34.5 Å². The van der Waals surface area contributed by atoms with Gasteiger partial charge in [0, 0.05) is 36.2 Å². The summed E-state index contributed by atoms with van der Waals surface area (Å²) in [5, 5.41) is 14.1. The third-order valence-electron chi connectivity index (χ3n) is 5.95. The van der Waals surface area contributed by atoms with Gasteiger partial charge >= 0.3 is 5.69 Å². The van der Waals surface area contributed by atoms with Crippen molar-refractivity contribution in [3.63, 3.8) is 0 Å². The molecule has 0 atom stereocenters. The van der Waals surface area contributed by atoms with E-state index in [2.05, 4.69) is 69.0 Å². The van der Waals surface area contributed by atoms with Crippen molar-refractivity contribution in [2.75, 3.05) is 81.2 Å². The number of nitrogens with two attached hydrogens (primary N) is 3. The smallest absolute Gasteiger partial charge is 0.314 e. The lowest BCUT2D eigenvalue weighted by molar-refractivity contribution is -0.385. The van der Waals surface area contributed by atoms with Gasteiger partial charge in [0.2, 0.25) is 10.6 Å². The Morgan fingerprint density at radius 3 is 1.41 bits per heavy atom. The second-order valence-electron chi connectivity index (χ2n) is 9.24. The minimum absolute atomic E-state index is 0.0162. The van der Waals surface area contributed by atoms with Crippen molar-refractivity contribution < 1.29 is 47.7 Å². The molecular weight excluding hydrogens is 938 g/mol. The first-order valence-electron chi connectivity index (χ1n) is 14.0. The molecule has 0 bridgehead atoms. The lowest BCUT2D eigenvalue weighted by Gasteiger charge is -2.14. The quantitative estimate of drug-likeness (QED) is 0.0512. The van der Waals surface area contributed by atoms with Crippen LogP contribution in [0.25, 0.3) is 0 Å². The van der Waals surface area contributed by atoms with Crippen LogP contribution in [0.1, 0.15) is 5.56 Å². The number of nitrogen functional groups attached to an aromatic ring is 3. The number of hydrogen-bond acceptors (Lipinski definition) is 14. The maximum atomic E-state index is 11.5. The number of methoxy groups -OCH3 is 6. The van der Waals surface area contributed by atoms with Crippen LogP contribution in [-0.4, -0.2) is 80.0 Å². The Balaban J connectivity index is 0.000000709. The van der Waals surface area contributed by atoms with Crippen LogP contribution >= 0.6 is 63.7 Å². The van der Waals surface area contributed by atoms with Gasteiger partial charge in [0.25, 0.3) is 0 Å². The van der Waals surface area contributed by atoms with Crippen molar-refractivity contribution in [1.82, 2.24) is 0 Å². The number of carbonyl (C=O) groups excluding carboxylic acids is 3. The van der Waals surface area contributed by atoms with Gasteiger partial charge in [-0.3, -0.25) is 24.5 Å². The normalized spacial score (nSPS) is 9.53. The highest BCUT2D eigenvalue weighted by Gasteiger charge is 2.18. The van der Waals surface area contributed by atoms with Gasteiger partial charge in [-0.25, -0.2) is 0 Å². The van der Waals surface area contributed by atoms with E-state index in [1.54, 1.807) is 24.3 Å². The molecule has 0 saturated carbocycles. The molecule has 3 aromatic rings. The number of nitrogens with zero attached hydrogens (tertiary/aromatic N) is 1. The van der Waals surface area contributed by atoms with Crippen LogP contribution < -0.4 is 50.9 Å². The lowest BCUT2D eigenvalue weighted by Crippen LogP contribution is -2.14. The highest BCUT2D eigenvalue weighted by atomic mass is 79.9. The largest absolute Gasteiger partial charge is 0.496 e. The SMILES string of the molecule is COc1cc(N)c(OC)cc1N.COc1cc(NC(=O)CBr)c(OC)cc1CC(=O)CBr.COc1cc([N+](=O)[O-])c(OC)cc1N.O=C(Br)CBr. The molecule has 1 amide bonds. The second-order valence-corrected chi connectivity index (χ2v) is 11.8. The summed E-state index contributed by atoms with van der Waals surface area (Å²) in [6, 6.07) is 9.20. The molecule has 0 saturated heterocycles. The maximum absolute atomic E-state index is 11.5. The summed E-state index contributed by atoms with van der Waals surface area (Å²) in [5.41, 5.74) is 19.2. The molecule has 0 spiro atoms. The van der Waals surface area contributed by atoms with Crippen molar-refractivity contribution in [3.05, 3.63) is 52.1 Å². The summed E-state index contributed by atoms with van der Waals surface area (Å²) in [6.45, 7) is 0. The molecule has 0 unspecified atom stereocenters. The van der Waals surface area contributed by atoms with Gasteiger partial charge in [-0.2, -0.15) is 0 Å². The number of alkyl halides is 3. The van der Waals surface area contributed by atoms with E-state index in [0.29, 0.717) is 56.6 Å². The number of nitro benzene ring substituents is 1. The third kappa shape index (κ3) is 16.3. The monoisotopic (exact) mass is 973 g/mol. The Labute approximate surface area is 328 Å². The van der Waals surface area contributed by atoms with Crippen molar-refractivity contribution in [2.45, 2.75) is 6.42 Å². The lowest BCUT2D eigenvalue weighted by atomic mass is 10.1. The van der Waals surface area contributed by atoms with Gasteiger partial charge in [-0.1, -0.05) is 47.8 Å². The molecule has 3 aromatic carbocycles. The molecular formula is C31H39Br4N5O11. The van der Waals surface area contributed by atoms with E-state index in [0.717, 1.165) is 0 Å². The van der Waals surface area contributed by atoms with E-state index >= 15 is 0 Å². The molecule has 20 heteroatoms. The van der Waals surface area contributed by atoms with Crippen molar-refractivity contribution in [2.24, 2.45) is 0 Å². The van der Waals surface area contributed by atoms with Crippen molar-refractivity contribution in [1.29, 1.82) is 0 Å². The molecule has 16 nitrogen and oxygen atoms in total. The average Bonchev–Trinajstić information content (AvgIpc) is 3.12. The first-order valence-corrected chi connectivity index (χ1v) is 18.1. The molecule has 0 aliphatic heterocycles. The number of Topliss-reactive ketones (excluding diaryl/α,β-unsaturated/α-hetero) is 1. The van der Waals surface area contributed by atoms with E-state index < -0.39 is 4.92 Å². The number of nitro groups is 1. The number of hydrogen-bond donors (Lipinski definition) is 4. The standard InChI is InChI=1S/C13H15Br2NO4.C8H10N2O4.C8H12N2O2.C2H2Br2O/c1-19-11-5-10(16-13(18)7-15)12(20-2)4-8(11)3-9(17)6-14;1-13-7-4-6(10(11)12)8(14-2)3-5(7)9;1-11-7-3-6(10)8(12-2)4-5(7)9;3-1-2(4)5/h4-5H,3,6-7H2,1-2H3,(H,16,18);3-4H,9H2,1-2H3;3-4H,9-10H2,1-2H3;1H2. The van der Waals surface area contributed by atoms with Crippen LogP contribution in [0.4, 0.5) is 28.4 Å². The van der Waals surface area contributed by atoms with Crippen LogP contribution in [0, 0.1) is 10.1 Å². The number of ether oxygens (including phenoxy) is 6. The molecule has 0 fully saturated rings. The Morgan fingerprint density at radius 2 is 1.06 bits per heavy atom. The summed E-state index contributed by atoms with van der Waals surface area (Å²) < 4.78 is 30.1. The minimum atomic E-state index is -0.555. The zero-order chi connectivity index (χ0) is 39.3. The summed E-state index contributed by atoms with van der Waals surface area (Å²) in [7, 11) is 8.83. The van der Waals surface area contributed by atoms with E-state index in [1.165, 1.54) is 54.8 Å². The number of benzene rings is 3. The molecule has 0 aromatic heterocycles. The third-order valence-corrected chi connectivity index (χ3v) is 8.63. The van der Waals surface area contributed by atoms with Gasteiger partial charge in [-0.05, 0) is 22.0 Å². The second kappa shape index (κ2) is 25.0. The van der Waals surface area contributed by atoms with Crippen molar-refractivity contribution >= 4 is 109 Å². The van der Waals surface area contributed by atoms with Gasteiger partial charge in [0.1, 0.15) is 34.5 Å². The molecule has 282 valence electrons. The van der Waals surface area contributed by atoms with Crippen LogP contribution in [-0.2, 0) is 20.8 Å². The summed E-state index contributed by atoms with van der Waals surface area (Å²) >= 11 is 11.8. The molecule has 3 rings (SSSR count). The van der Waals surface area contributed by atoms with Gasteiger partial charge in [0.05, 0.1) is 92.4 Å². The number of ketones is 1. The Bertz CT molecular complexity index is 1560. The average molecular weight is 977 g/mol. The molecule has 0 aliphatic carbocycles. The number of rotatable bonds is 13. The maximum Gasteiger partial charge on any atom is 0.314 e. The fraction of sp³-hybridized carbons (Fsp3) is 0.323. The highest BCUT2D eigenvalue weighted by molar-refractivity contribution is 9.19. The summed E-state index contributed by atoms with van der Waals surface area (Å²) in [6.07, 6.45) is 0.234. The molecule has 0 aliphatic rings. The predicted octanol–water partition coefficient (Wildman–Crippen LogP) is 5.91. The Morgan fingerprint density at radius 1 is 0.647 bits per heavy atom. The number of halogens is 4. The van der Waals surface area contributed by atoms with Crippen LogP contribution in [0.3, 0.4) is 0 Å². The highest BCUT2D eigenvalue weighted by Crippen LogP contribution is 2.36. The number of carbonyl (C=O) groups is 3. The van der Waals surface area contributed by atoms with Gasteiger partial charge in [-0.15, -0.1) is 0 Å². The number of amides is 1. The summed E-state index contributed by atoms with van der Waals surface area (Å²) in [5.74, 6) is 2.35. The van der Waals surface area contributed by atoms with E-state index in [9.17, 15) is 24.5 Å². The first-order chi connectivity index (χ1) is 24.1. The topological polar surface area (TPSA) is 240 Å². The minimum Gasteiger partial charge on any atom is -0.496 e. The molecule has 0 radical (unpaired) electrons. The molecule has 7 N–H and O–H groups in total. The molecule has 51 heavy (non-hydrogen) atoms. The van der Waals surface area contributed by atoms with Crippen LogP contribution in [0.5, 0.6) is 34.5 Å². The Hall–Kier alpha value is -4.01. The van der Waals surface area contributed by atoms with Crippen LogP contribution in [0.15, 0.2) is 36.4 Å². The Kier molecular flexibility index (Phi) is 23.1.